The van der Waals surface area contributed by atoms with Crippen LogP contribution in [0, 0.1) is 23.7 Å². The van der Waals surface area contributed by atoms with Gasteiger partial charge < -0.3 is 20.3 Å². The van der Waals surface area contributed by atoms with Crippen LogP contribution >= 0.6 is 11.3 Å². The van der Waals surface area contributed by atoms with Gasteiger partial charge in [-0.25, -0.2) is 9.78 Å². The average Bonchev–Trinajstić information content (AvgIpc) is 3.40. The molecule has 0 aliphatic carbocycles. The second-order valence-corrected chi connectivity index (χ2v) is 13.5. The summed E-state index contributed by atoms with van der Waals surface area (Å²) in [6.45, 7) is 8.53. The van der Waals surface area contributed by atoms with Crippen LogP contribution in [0.2, 0.25) is 0 Å². The van der Waals surface area contributed by atoms with E-state index >= 15 is 0 Å². The number of pyridine rings is 1. The molecule has 1 fully saturated rings. The Morgan fingerprint density at radius 3 is 2.63 bits per heavy atom. The number of benzene rings is 2. The van der Waals surface area contributed by atoms with Gasteiger partial charge in [0.15, 0.2) is 0 Å². The summed E-state index contributed by atoms with van der Waals surface area (Å²) >= 11 is 1.21. The number of likely N-dealkylation sites (tertiary alicyclic amines) is 1. The van der Waals surface area contributed by atoms with Gasteiger partial charge in [0.25, 0.3) is 11.8 Å². The van der Waals surface area contributed by atoms with Crippen molar-refractivity contribution in [1.82, 2.24) is 15.2 Å². The van der Waals surface area contributed by atoms with Gasteiger partial charge in [-0.15, -0.1) is 11.3 Å². The minimum absolute atomic E-state index is 0.105. The molecule has 4 heterocycles. The van der Waals surface area contributed by atoms with Crippen LogP contribution in [0.1, 0.15) is 48.8 Å². The number of thiophene rings is 1. The number of hydrogen-bond donors (Lipinski definition) is 2. The van der Waals surface area contributed by atoms with Crippen LogP contribution in [0.15, 0.2) is 72.4 Å². The van der Waals surface area contributed by atoms with E-state index < -0.39 is 6.03 Å². The molecule has 0 unspecified atom stereocenters. The van der Waals surface area contributed by atoms with Crippen molar-refractivity contribution < 1.29 is 19.1 Å². The number of aromatic nitrogens is 1. The Bertz CT molecular complexity index is 1920. The van der Waals surface area contributed by atoms with E-state index in [0.29, 0.717) is 69.6 Å². The third-order valence-corrected chi connectivity index (χ3v) is 8.91. The van der Waals surface area contributed by atoms with Crippen LogP contribution in [-0.2, 0) is 4.79 Å². The molecule has 10 nitrogen and oxygen atoms in total. The van der Waals surface area contributed by atoms with Crippen molar-refractivity contribution in [3.63, 3.8) is 0 Å². The zero-order valence-corrected chi connectivity index (χ0v) is 26.9. The summed E-state index contributed by atoms with van der Waals surface area (Å²) in [6, 6.07) is 18.1. The molecule has 4 aromatic rings. The highest BCUT2D eigenvalue weighted by Gasteiger charge is 2.35. The Morgan fingerprint density at radius 2 is 1.91 bits per heavy atom. The molecule has 1 atom stereocenters. The SMILES string of the molecule is Cc1cc(Oc2ccccc2)ccc1N1C(=O)Nc2c(C(=O)N[C@@H]3CCCN(C(=O)/C(C#N)=C/C(C)(C)C)C3)sc3nccc1c23. The first-order valence-electron chi connectivity index (χ1n) is 15.1. The van der Waals surface area contributed by atoms with Gasteiger partial charge >= 0.3 is 6.03 Å². The lowest BCUT2D eigenvalue weighted by Crippen LogP contribution is -2.50. The number of hydrogen-bond acceptors (Lipinski definition) is 7. The number of aryl methyl sites for hydroxylation is 1. The molecule has 2 aromatic heterocycles. The molecule has 0 bridgehead atoms. The molecule has 2 N–H and O–H groups in total. The zero-order valence-electron chi connectivity index (χ0n) is 26.1. The van der Waals surface area contributed by atoms with Crippen LogP contribution in [0.25, 0.3) is 10.2 Å². The van der Waals surface area contributed by atoms with Crippen LogP contribution < -0.4 is 20.3 Å². The standard InChI is InChI=1S/C35H34N6O4S/c1-21-17-25(45-24-10-6-5-7-11-24)12-13-26(21)41-27-14-15-37-32-28(27)29(39-34(41)44)30(46-32)31(42)38-23-9-8-16-40(20-23)33(43)22(19-36)18-35(2,3)4/h5-7,10-15,17-18,23H,8-9,16,20H2,1-4H3,(H,38,42)(H,39,44)/b22-18+/t23-/m1/s1. The van der Waals surface area contributed by atoms with E-state index in [1.807, 2.05) is 82.3 Å². The lowest BCUT2D eigenvalue weighted by atomic mass is 9.93. The molecule has 4 amide bonds. The Labute approximate surface area is 271 Å². The average molecular weight is 635 g/mol. The quantitative estimate of drug-likeness (QED) is 0.169. The van der Waals surface area contributed by atoms with E-state index in [9.17, 15) is 19.6 Å². The molecule has 0 spiro atoms. The van der Waals surface area contributed by atoms with E-state index in [1.165, 1.54) is 11.3 Å². The van der Waals surface area contributed by atoms with Gasteiger partial charge in [-0.3, -0.25) is 14.5 Å². The van der Waals surface area contributed by atoms with Crippen molar-refractivity contribution in [3.05, 3.63) is 82.9 Å². The van der Waals surface area contributed by atoms with Gasteiger partial charge in [0.2, 0.25) is 0 Å². The summed E-state index contributed by atoms with van der Waals surface area (Å²) < 4.78 is 5.98. The maximum absolute atomic E-state index is 13.7. The number of nitrogens with zero attached hydrogens (tertiary/aromatic N) is 4. The predicted molar refractivity (Wildman–Crippen MR) is 179 cm³/mol. The largest absolute Gasteiger partial charge is 0.457 e. The Morgan fingerprint density at radius 1 is 1.13 bits per heavy atom. The molecule has 0 radical (unpaired) electrons. The zero-order chi connectivity index (χ0) is 32.6. The normalized spacial score (nSPS) is 16.5. The molecule has 2 aliphatic heterocycles. The molecule has 6 rings (SSSR count). The van der Waals surface area contributed by atoms with Crippen LogP contribution in [0.4, 0.5) is 21.9 Å². The molecule has 0 saturated carbocycles. The van der Waals surface area contributed by atoms with Crippen LogP contribution in [-0.4, -0.2) is 46.9 Å². The van der Waals surface area contributed by atoms with Gasteiger partial charge in [0.05, 0.1) is 22.4 Å². The fraction of sp³-hybridized carbons (Fsp3) is 0.286. The Balaban J connectivity index is 1.24. The summed E-state index contributed by atoms with van der Waals surface area (Å²) in [4.78, 5) is 49.2. The van der Waals surface area contributed by atoms with E-state index in [4.69, 9.17) is 4.74 Å². The van der Waals surface area contributed by atoms with Crippen molar-refractivity contribution in [1.29, 1.82) is 5.26 Å². The van der Waals surface area contributed by atoms with E-state index in [0.717, 1.165) is 5.56 Å². The second-order valence-electron chi connectivity index (χ2n) is 12.5. The van der Waals surface area contributed by atoms with Crippen LogP contribution in [0.3, 0.4) is 0 Å². The highest BCUT2D eigenvalue weighted by Crippen LogP contribution is 2.46. The fourth-order valence-electron chi connectivity index (χ4n) is 5.83. The van der Waals surface area contributed by atoms with Crippen molar-refractivity contribution in [3.8, 4) is 17.6 Å². The number of amides is 4. The Hall–Kier alpha value is -5.21. The number of piperidine rings is 1. The van der Waals surface area contributed by atoms with Crippen molar-refractivity contribution >= 4 is 56.5 Å². The number of nitrogens with one attached hydrogen (secondary N) is 2. The minimum Gasteiger partial charge on any atom is -0.457 e. The number of ether oxygens (including phenoxy) is 1. The molecule has 1 saturated heterocycles. The lowest BCUT2D eigenvalue weighted by Gasteiger charge is -2.33. The number of carbonyl (C=O) groups excluding carboxylic acids is 3. The number of para-hydroxylation sites is 1. The van der Waals surface area contributed by atoms with Crippen LogP contribution in [0.5, 0.6) is 11.5 Å². The van der Waals surface area contributed by atoms with E-state index in [2.05, 4.69) is 15.6 Å². The first-order valence-corrected chi connectivity index (χ1v) is 15.9. The summed E-state index contributed by atoms with van der Waals surface area (Å²) in [5, 5.41) is 16.3. The molecule has 2 aromatic carbocycles. The Kier molecular flexibility index (Phi) is 8.23. The molecule has 234 valence electrons. The molecule has 11 heteroatoms. The number of urea groups is 1. The number of nitriles is 1. The highest BCUT2D eigenvalue weighted by molar-refractivity contribution is 7.21. The first kappa shape index (κ1) is 30.8. The predicted octanol–water partition coefficient (Wildman–Crippen LogP) is 7.30. The molecular formula is C35H34N6O4S. The highest BCUT2D eigenvalue weighted by atomic mass is 32.1. The number of allylic oxidation sites excluding steroid dienone is 1. The van der Waals surface area contributed by atoms with Gasteiger partial charge in [0.1, 0.15) is 32.8 Å². The molecule has 46 heavy (non-hydrogen) atoms. The summed E-state index contributed by atoms with van der Waals surface area (Å²) in [7, 11) is 0. The maximum Gasteiger partial charge on any atom is 0.331 e. The van der Waals surface area contributed by atoms with E-state index in [-0.39, 0.29) is 28.8 Å². The number of rotatable bonds is 6. The van der Waals surface area contributed by atoms with Gasteiger partial charge in [-0.2, -0.15) is 5.26 Å². The van der Waals surface area contributed by atoms with Gasteiger partial charge in [0, 0.05) is 25.3 Å². The minimum atomic E-state index is -0.392. The topological polar surface area (TPSA) is 128 Å². The van der Waals surface area contributed by atoms with Gasteiger partial charge in [-0.1, -0.05) is 45.0 Å². The number of anilines is 3. The van der Waals surface area contributed by atoms with Crippen molar-refractivity contribution in [2.45, 2.75) is 46.6 Å². The second kappa shape index (κ2) is 12.3. The fourth-order valence-corrected chi connectivity index (χ4v) is 6.85. The summed E-state index contributed by atoms with van der Waals surface area (Å²) in [6.07, 6.45) is 4.70. The monoisotopic (exact) mass is 634 g/mol. The van der Waals surface area contributed by atoms with E-state index in [1.54, 1.807) is 28.1 Å². The third-order valence-electron chi connectivity index (χ3n) is 7.81. The smallest absolute Gasteiger partial charge is 0.331 e. The third kappa shape index (κ3) is 6.17. The number of carbonyl (C=O) groups is 3. The van der Waals surface area contributed by atoms with Gasteiger partial charge in [-0.05, 0) is 67.1 Å². The first-order chi connectivity index (χ1) is 22.0. The van der Waals surface area contributed by atoms with Crippen molar-refractivity contribution in [2.24, 2.45) is 5.41 Å². The molecular weight excluding hydrogens is 600 g/mol. The molecule has 2 aliphatic rings. The summed E-state index contributed by atoms with van der Waals surface area (Å²) in [5.74, 6) is 0.689. The maximum atomic E-state index is 13.7. The summed E-state index contributed by atoms with van der Waals surface area (Å²) in [5.41, 5.74) is 2.34. The van der Waals surface area contributed by atoms with Crippen molar-refractivity contribution in [2.75, 3.05) is 23.3 Å². The lowest BCUT2D eigenvalue weighted by molar-refractivity contribution is -0.128.